The first-order valence-electron chi connectivity index (χ1n) is 8.90. The minimum Gasteiger partial charge on any atom is -0.381 e. The summed E-state index contributed by atoms with van der Waals surface area (Å²) in [5.74, 6) is 0.319. The van der Waals surface area contributed by atoms with Gasteiger partial charge >= 0.3 is 0 Å². The maximum Gasteiger partial charge on any atom is 0.237 e. The molecule has 3 rings (SSSR count). The Balaban J connectivity index is 0.00000192. The number of carbonyl (C=O) groups is 1. The van der Waals surface area contributed by atoms with Crippen LogP contribution in [0.1, 0.15) is 51.4 Å². The molecule has 3 N–H and O–H groups in total. The molecule has 0 aromatic heterocycles. The largest absolute Gasteiger partial charge is 0.381 e. The predicted molar refractivity (Wildman–Crippen MR) is 91.7 cm³/mol. The monoisotopic (exact) mass is 346 g/mol. The lowest BCUT2D eigenvalue weighted by molar-refractivity contribution is -0.125. The number of hydrogen-bond donors (Lipinski definition) is 2. The Labute approximate surface area is 145 Å². The molecule has 134 valence electrons. The molecular weight excluding hydrogens is 316 g/mol. The van der Waals surface area contributed by atoms with Crippen molar-refractivity contribution in [1.29, 1.82) is 0 Å². The SMILES string of the molecule is Cl.NC(C(=O)NC1CCC2(CCOCC2)CC1)C1CCOCC1. The van der Waals surface area contributed by atoms with Crippen molar-refractivity contribution < 1.29 is 14.3 Å². The van der Waals surface area contributed by atoms with E-state index < -0.39 is 0 Å². The van der Waals surface area contributed by atoms with Gasteiger partial charge in [0.25, 0.3) is 0 Å². The maximum atomic E-state index is 12.4. The third kappa shape index (κ3) is 4.81. The molecule has 23 heavy (non-hydrogen) atoms. The summed E-state index contributed by atoms with van der Waals surface area (Å²) >= 11 is 0. The maximum absolute atomic E-state index is 12.4. The number of carbonyl (C=O) groups excluding carboxylic acids is 1. The first-order valence-corrected chi connectivity index (χ1v) is 8.90. The normalized spacial score (nSPS) is 27.2. The molecule has 1 aliphatic carbocycles. The summed E-state index contributed by atoms with van der Waals surface area (Å²) in [4.78, 5) is 12.4. The van der Waals surface area contributed by atoms with Crippen molar-refractivity contribution in [2.75, 3.05) is 26.4 Å². The fourth-order valence-corrected chi connectivity index (χ4v) is 4.27. The summed E-state index contributed by atoms with van der Waals surface area (Å²) < 4.78 is 10.8. The van der Waals surface area contributed by atoms with Crippen LogP contribution in [-0.4, -0.2) is 44.4 Å². The van der Waals surface area contributed by atoms with Crippen LogP contribution in [-0.2, 0) is 14.3 Å². The van der Waals surface area contributed by atoms with E-state index in [2.05, 4.69) is 5.32 Å². The number of nitrogens with one attached hydrogen (secondary N) is 1. The number of nitrogens with two attached hydrogens (primary N) is 1. The summed E-state index contributed by atoms with van der Waals surface area (Å²) in [6.07, 6.45) is 8.80. The highest BCUT2D eigenvalue weighted by atomic mass is 35.5. The molecule has 2 aliphatic heterocycles. The zero-order valence-corrected chi connectivity index (χ0v) is 14.7. The van der Waals surface area contributed by atoms with Gasteiger partial charge in [-0.25, -0.2) is 0 Å². The van der Waals surface area contributed by atoms with Crippen molar-refractivity contribution in [3.63, 3.8) is 0 Å². The van der Waals surface area contributed by atoms with Crippen LogP contribution in [0.25, 0.3) is 0 Å². The molecule has 3 aliphatic rings. The van der Waals surface area contributed by atoms with Crippen molar-refractivity contribution in [3.05, 3.63) is 0 Å². The first kappa shape index (κ1) is 19.0. The van der Waals surface area contributed by atoms with Crippen LogP contribution >= 0.6 is 12.4 Å². The van der Waals surface area contributed by atoms with E-state index >= 15 is 0 Å². The average molecular weight is 347 g/mol. The molecule has 1 spiro atoms. The van der Waals surface area contributed by atoms with E-state index in [0.717, 1.165) is 52.1 Å². The predicted octanol–water partition coefficient (Wildman–Crippen LogP) is 2.02. The highest BCUT2D eigenvalue weighted by molar-refractivity contribution is 5.85. The Morgan fingerprint density at radius 2 is 1.52 bits per heavy atom. The van der Waals surface area contributed by atoms with Crippen LogP contribution in [0, 0.1) is 11.3 Å². The number of rotatable bonds is 3. The molecule has 6 heteroatoms. The van der Waals surface area contributed by atoms with Crippen LogP contribution in [0.4, 0.5) is 0 Å². The van der Waals surface area contributed by atoms with Crippen LogP contribution < -0.4 is 11.1 Å². The molecular formula is C17H31ClN2O3. The number of hydrogen-bond acceptors (Lipinski definition) is 4. The van der Waals surface area contributed by atoms with E-state index in [1.165, 1.54) is 25.7 Å². The minimum atomic E-state index is -0.372. The second kappa shape index (κ2) is 8.65. The van der Waals surface area contributed by atoms with Crippen LogP contribution in [0.5, 0.6) is 0 Å². The topological polar surface area (TPSA) is 73.6 Å². The fraction of sp³-hybridized carbons (Fsp3) is 0.941. The minimum absolute atomic E-state index is 0. The van der Waals surface area contributed by atoms with E-state index in [4.69, 9.17) is 15.2 Å². The van der Waals surface area contributed by atoms with E-state index in [0.29, 0.717) is 11.5 Å². The van der Waals surface area contributed by atoms with E-state index in [1.54, 1.807) is 0 Å². The second-order valence-corrected chi connectivity index (χ2v) is 7.37. The number of amides is 1. The lowest BCUT2D eigenvalue weighted by Gasteiger charge is -2.43. The Hall–Kier alpha value is -0.360. The summed E-state index contributed by atoms with van der Waals surface area (Å²) in [5.41, 5.74) is 6.65. The Bertz CT molecular complexity index is 372. The fourth-order valence-electron chi connectivity index (χ4n) is 4.27. The molecule has 0 bridgehead atoms. The zero-order chi connectivity index (χ0) is 15.4. The van der Waals surface area contributed by atoms with Gasteiger partial charge in [-0.3, -0.25) is 4.79 Å². The van der Waals surface area contributed by atoms with Gasteiger partial charge in [-0.2, -0.15) is 0 Å². The Morgan fingerprint density at radius 1 is 0.957 bits per heavy atom. The van der Waals surface area contributed by atoms with E-state index in [9.17, 15) is 4.79 Å². The van der Waals surface area contributed by atoms with Gasteiger partial charge in [-0.05, 0) is 62.7 Å². The van der Waals surface area contributed by atoms with Crippen molar-refractivity contribution in [1.82, 2.24) is 5.32 Å². The molecule has 3 fully saturated rings. The second-order valence-electron chi connectivity index (χ2n) is 7.37. The van der Waals surface area contributed by atoms with Gasteiger partial charge < -0.3 is 20.5 Å². The zero-order valence-electron chi connectivity index (χ0n) is 13.9. The van der Waals surface area contributed by atoms with Crippen molar-refractivity contribution in [3.8, 4) is 0 Å². The first-order chi connectivity index (χ1) is 10.7. The van der Waals surface area contributed by atoms with Gasteiger partial charge in [-0.1, -0.05) is 0 Å². The molecule has 1 unspecified atom stereocenters. The highest BCUT2D eigenvalue weighted by Crippen LogP contribution is 2.44. The van der Waals surface area contributed by atoms with Gasteiger partial charge in [0, 0.05) is 32.5 Å². The van der Waals surface area contributed by atoms with Crippen LogP contribution in [0.15, 0.2) is 0 Å². The molecule has 0 aromatic carbocycles. The summed E-state index contributed by atoms with van der Waals surface area (Å²) in [6, 6.07) is -0.0604. The lowest BCUT2D eigenvalue weighted by Crippen LogP contribution is -2.51. The van der Waals surface area contributed by atoms with Gasteiger partial charge in [0.05, 0.1) is 6.04 Å². The van der Waals surface area contributed by atoms with Crippen molar-refractivity contribution in [2.45, 2.75) is 63.5 Å². The molecule has 5 nitrogen and oxygen atoms in total. The Morgan fingerprint density at radius 3 is 2.13 bits per heavy atom. The van der Waals surface area contributed by atoms with Crippen LogP contribution in [0.3, 0.4) is 0 Å². The molecule has 0 aromatic rings. The Kier molecular flexibility index (Phi) is 7.14. The molecule has 1 saturated carbocycles. The third-order valence-electron chi connectivity index (χ3n) is 6.02. The molecule has 0 radical (unpaired) electrons. The third-order valence-corrected chi connectivity index (χ3v) is 6.02. The van der Waals surface area contributed by atoms with Gasteiger partial charge in [-0.15, -0.1) is 12.4 Å². The molecule has 1 amide bonds. The number of halogens is 1. The standard InChI is InChI=1S/C17H30N2O3.ClH/c18-15(13-3-9-21-10-4-13)16(20)19-14-1-5-17(6-2-14)7-11-22-12-8-17;/h13-15H,1-12,18H2,(H,19,20);1H. The average Bonchev–Trinajstić information content (AvgIpc) is 2.58. The summed E-state index contributed by atoms with van der Waals surface area (Å²) in [5, 5.41) is 3.20. The van der Waals surface area contributed by atoms with Crippen molar-refractivity contribution in [2.24, 2.45) is 17.1 Å². The van der Waals surface area contributed by atoms with Crippen LogP contribution in [0.2, 0.25) is 0 Å². The summed E-state index contributed by atoms with van der Waals surface area (Å²) in [7, 11) is 0. The highest BCUT2D eigenvalue weighted by Gasteiger charge is 2.37. The van der Waals surface area contributed by atoms with Crippen molar-refractivity contribution >= 4 is 18.3 Å². The quantitative estimate of drug-likeness (QED) is 0.820. The molecule has 2 heterocycles. The van der Waals surface area contributed by atoms with E-state index in [-0.39, 0.29) is 30.3 Å². The smallest absolute Gasteiger partial charge is 0.237 e. The van der Waals surface area contributed by atoms with E-state index in [1.807, 2.05) is 0 Å². The summed E-state index contributed by atoms with van der Waals surface area (Å²) in [6.45, 7) is 3.29. The van der Waals surface area contributed by atoms with Gasteiger partial charge in [0.15, 0.2) is 0 Å². The molecule has 2 saturated heterocycles. The molecule has 1 atom stereocenters. The lowest BCUT2D eigenvalue weighted by atomic mass is 9.68. The van der Waals surface area contributed by atoms with Gasteiger partial charge in [0.2, 0.25) is 5.91 Å². The number of ether oxygens (including phenoxy) is 2. The van der Waals surface area contributed by atoms with Gasteiger partial charge in [0.1, 0.15) is 0 Å².